The third-order valence-electron chi connectivity index (χ3n) is 2.48. The van der Waals surface area contributed by atoms with Crippen LogP contribution in [0.3, 0.4) is 0 Å². The van der Waals surface area contributed by atoms with Gasteiger partial charge in [0.05, 0.1) is 0 Å². The number of hydrogen-bond acceptors (Lipinski definition) is 0. The molecule has 1 aliphatic carbocycles. The van der Waals surface area contributed by atoms with E-state index in [1.165, 1.54) is 43.3 Å². The van der Waals surface area contributed by atoms with Crippen LogP contribution in [0.1, 0.15) is 59.3 Å². The summed E-state index contributed by atoms with van der Waals surface area (Å²) in [4.78, 5) is 0. The third kappa shape index (κ3) is 6.94. The van der Waals surface area contributed by atoms with Crippen molar-refractivity contribution in [1.29, 1.82) is 0 Å². The lowest BCUT2D eigenvalue weighted by Crippen LogP contribution is -2.05. The van der Waals surface area contributed by atoms with Crippen LogP contribution < -0.4 is 0 Å². The van der Waals surface area contributed by atoms with Crippen LogP contribution in [-0.4, -0.2) is 0 Å². The van der Waals surface area contributed by atoms with Crippen molar-refractivity contribution in [2.45, 2.75) is 59.3 Å². The van der Waals surface area contributed by atoms with E-state index in [1.54, 1.807) is 0 Å². The minimum Gasteiger partial charge on any atom is -0.0995 e. The van der Waals surface area contributed by atoms with Gasteiger partial charge in [-0.2, -0.15) is 0 Å². The van der Waals surface area contributed by atoms with Crippen molar-refractivity contribution in [3.8, 4) is 0 Å². The summed E-state index contributed by atoms with van der Waals surface area (Å²) in [5, 5.41) is 0. The van der Waals surface area contributed by atoms with Crippen LogP contribution in [0.15, 0.2) is 24.3 Å². The summed E-state index contributed by atoms with van der Waals surface area (Å²) >= 11 is 0. The topological polar surface area (TPSA) is 0 Å². The van der Waals surface area contributed by atoms with Gasteiger partial charge in [-0.3, -0.25) is 0 Å². The molecular weight excluding hydrogens is 168 g/mol. The van der Waals surface area contributed by atoms with Crippen LogP contribution in [0.2, 0.25) is 0 Å². The van der Waals surface area contributed by atoms with Gasteiger partial charge in [-0.15, -0.1) is 0 Å². The molecule has 1 aliphatic rings. The molecule has 0 heterocycles. The first-order valence-corrected chi connectivity index (χ1v) is 5.93. The highest BCUT2D eigenvalue weighted by Crippen LogP contribution is 2.29. The Morgan fingerprint density at radius 3 is 1.71 bits per heavy atom. The molecule has 0 aromatic carbocycles. The molecule has 14 heavy (non-hydrogen) atoms. The molecule has 0 unspecified atom stereocenters. The van der Waals surface area contributed by atoms with Crippen molar-refractivity contribution >= 4 is 0 Å². The predicted molar refractivity (Wildman–Crippen MR) is 66.5 cm³/mol. The Balaban J connectivity index is 0.000000292. The summed E-state index contributed by atoms with van der Waals surface area (Å²) in [7, 11) is 0. The van der Waals surface area contributed by atoms with Gasteiger partial charge in [-0.05, 0) is 25.2 Å². The smallest absolute Gasteiger partial charge is 0.0114 e. The number of rotatable bonds is 2. The van der Waals surface area contributed by atoms with E-state index in [-0.39, 0.29) is 0 Å². The quantitative estimate of drug-likeness (QED) is 0.535. The van der Waals surface area contributed by atoms with Crippen molar-refractivity contribution in [2.24, 2.45) is 5.92 Å². The lowest BCUT2D eigenvalue weighted by molar-refractivity contribution is 0.526. The number of allylic oxidation sites excluding steroid dienone is 2. The van der Waals surface area contributed by atoms with Crippen molar-refractivity contribution in [1.82, 2.24) is 0 Å². The van der Waals surface area contributed by atoms with Crippen LogP contribution in [-0.2, 0) is 0 Å². The highest BCUT2D eigenvalue weighted by atomic mass is 14.2. The maximum absolute atomic E-state index is 3.95. The lowest BCUT2D eigenvalue weighted by Gasteiger charge is -2.21. The Morgan fingerprint density at radius 1 is 1.07 bits per heavy atom. The fraction of sp³-hybridized carbons (Fsp3) is 0.714. The lowest BCUT2D eigenvalue weighted by atomic mass is 9.85. The van der Waals surface area contributed by atoms with Crippen LogP contribution >= 0.6 is 0 Å². The molecule has 1 rings (SSSR count). The Labute approximate surface area is 90.1 Å². The summed E-state index contributed by atoms with van der Waals surface area (Å²) in [5.41, 5.74) is 2.72. The zero-order valence-electron chi connectivity index (χ0n) is 10.2. The minimum atomic E-state index is 0.791. The molecule has 0 aromatic rings. The highest BCUT2D eigenvalue weighted by Gasteiger charge is 2.12. The molecule has 0 aromatic heterocycles. The minimum absolute atomic E-state index is 0.791. The molecule has 82 valence electrons. The molecule has 1 fully saturated rings. The number of unbranched alkanes of at least 4 members (excludes halogenated alkanes) is 2. The van der Waals surface area contributed by atoms with Gasteiger partial charge in [0, 0.05) is 0 Å². The Morgan fingerprint density at radius 2 is 1.50 bits per heavy atom. The standard InChI is InChI=1S/C9H14.C5H12/c1-7-4-8(2)6-9(3)5-7;1-3-5-4-2/h9H,1-2,4-6H2,3H3;3-5H2,1-2H3. The van der Waals surface area contributed by atoms with Crippen LogP contribution in [0, 0.1) is 5.92 Å². The Hall–Kier alpha value is -0.520. The predicted octanol–water partition coefficient (Wildman–Crippen LogP) is 5.12. The van der Waals surface area contributed by atoms with Crippen LogP contribution in [0.25, 0.3) is 0 Å². The van der Waals surface area contributed by atoms with Gasteiger partial charge in [0.15, 0.2) is 0 Å². The summed E-state index contributed by atoms with van der Waals surface area (Å²) in [6.45, 7) is 14.6. The molecule has 0 heteroatoms. The van der Waals surface area contributed by atoms with Gasteiger partial charge in [-0.25, -0.2) is 0 Å². The summed E-state index contributed by atoms with van der Waals surface area (Å²) in [5.74, 6) is 0.791. The van der Waals surface area contributed by atoms with E-state index in [0.29, 0.717) is 0 Å². The Bertz CT molecular complexity index is 158. The third-order valence-corrected chi connectivity index (χ3v) is 2.48. The molecule has 0 saturated heterocycles. The molecule has 0 N–H and O–H groups in total. The van der Waals surface area contributed by atoms with Crippen molar-refractivity contribution < 1.29 is 0 Å². The fourth-order valence-corrected chi connectivity index (χ4v) is 1.91. The average Bonchev–Trinajstić information content (AvgIpc) is 2.03. The van der Waals surface area contributed by atoms with E-state index in [1.807, 2.05) is 0 Å². The summed E-state index contributed by atoms with van der Waals surface area (Å²) in [6, 6.07) is 0. The molecule has 0 atom stereocenters. The zero-order valence-corrected chi connectivity index (χ0v) is 10.2. The molecule has 0 aliphatic heterocycles. The molecule has 0 bridgehead atoms. The second-order valence-corrected chi connectivity index (χ2v) is 4.54. The van der Waals surface area contributed by atoms with Crippen molar-refractivity contribution in [3.63, 3.8) is 0 Å². The van der Waals surface area contributed by atoms with Crippen LogP contribution in [0.4, 0.5) is 0 Å². The van der Waals surface area contributed by atoms with Gasteiger partial charge in [0.1, 0.15) is 0 Å². The molecule has 1 saturated carbocycles. The maximum Gasteiger partial charge on any atom is -0.0114 e. The van der Waals surface area contributed by atoms with Gasteiger partial charge >= 0.3 is 0 Å². The van der Waals surface area contributed by atoms with Crippen molar-refractivity contribution in [2.75, 3.05) is 0 Å². The maximum atomic E-state index is 3.95. The first kappa shape index (κ1) is 13.5. The van der Waals surface area contributed by atoms with Gasteiger partial charge in [0.2, 0.25) is 0 Å². The van der Waals surface area contributed by atoms with E-state index >= 15 is 0 Å². The van der Waals surface area contributed by atoms with E-state index in [2.05, 4.69) is 33.9 Å². The van der Waals surface area contributed by atoms with Crippen LogP contribution in [0.5, 0.6) is 0 Å². The van der Waals surface area contributed by atoms with Gasteiger partial charge < -0.3 is 0 Å². The Kier molecular flexibility index (Phi) is 7.55. The van der Waals surface area contributed by atoms with E-state index < -0.39 is 0 Å². The largest absolute Gasteiger partial charge is 0.0995 e. The van der Waals surface area contributed by atoms with E-state index in [4.69, 9.17) is 0 Å². The highest BCUT2D eigenvalue weighted by molar-refractivity contribution is 5.15. The second-order valence-electron chi connectivity index (χ2n) is 4.54. The monoisotopic (exact) mass is 194 g/mol. The SMILES string of the molecule is C=C1CC(=C)CC(C)C1.CCCCC. The first-order valence-electron chi connectivity index (χ1n) is 5.93. The van der Waals surface area contributed by atoms with Crippen molar-refractivity contribution in [3.05, 3.63) is 24.3 Å². The van der Waals surface area contributed by atoms with E-state index in [9.17, 15) is 0 Å². The number of hydrogen-bond donors (Lipinski definition) is 0. The normalized spacial score (nSPS) is 17.6. The molecule has 0 nitrogen and oxygen atoms in total. The zero-order chi connectivity index (χ0) is 11.0. The van der Waals surface area contributed by atoms with Gasteiger partial charge in [-0.1, -0.05) is 64.3 Å². The molecule has 0 radical (unpaired) electrons. The average molecular weight is 194 g/mol. The molecule has 0 amide bonds. The first-order chi connectivity index (χ1) is 6.60. The summed E-state index contributed by atoms with van der Waals surface area (Å²) in [6.07, 6.45) is 7.56. The summed E-state index contributed by atoms with van der Waals surface area (Å²) < 4.78 is 0. The molecule has 0 spiro atoms. The van der Waals surface area contributed by atoms with E-state index in [0.717, 1.165) is 12.3 Å². The molecular formula is C14H26. The van der Waals surface area contributed by atoms with Gasteiger partial charge in [0.25, 0.3) is 0 Å². The fourth-order valence-electron chi connectivity index (χ4n) is 1.91. The second kappa shape index (κ2) is 7.84.